The number of halogens is 1. The minimum atomic E-state index is -3.66. The second-order valence-electron chi connectivity index (χ2n) is 7.44. The fraction of sp³-hybridized carbons (Fsp3) is 0.350. The van der Waals surface area contributed by atoms with E-state index in [9.17, 15) is 17.6 Å². The predicted molar refractivity (Wildman–Crippen MR) is 106 cm³/mol. The molecule has 0 radical (unpaired) electrons. The van der Waals surface area contributed by atoms with E-state index in [0.29, 0.717) is 5.69 Å². The maximum absolute atomic E-state index is 12.9. The van der Waals surface area contributed by atoms with Crippen molar-refractivity contribution < 1.29 is 17.6 Å². The molecule has 0 heterocycles. The van der Waals surface area contributed by atoms with Gasteiger partial charge in [-0.15, -0.1) is 0 Å². The van der Waals surface area contributed by atoms with Crippen LogP contribution < -0.4 is 9.62 Å². The van der Waals surface area contributed by atoms with Crippen molar-refractivity contribution in [2.24, 2.45) is 0 Å². The summed E-state index contributed by atoms with van der Waals surface area (Å²) in [5, 5.41) is 2.68. The van der Waals surface area contributed by atoms with Crippen LogP contribution in [0, 0.1) is 5.82 Å². The number of carbonyl (C=O) groups is 1. The molecule has 0 spiro atoms. The lowest BCUT2D eigenvalue weighted by Gasteiger charge is -2.29. The van der Waals surface area contributed by atoms with Gasteiger partial charge in [0.25, 0.3) is 0 Å². The minimum Gasteiger partial charge on any atom is -0.350 e. The van der Waals surface area contributed by atoms with Gasteiger partial charge in [0.15, 0.2) is 0 Å². The van der Waals surface area contributed by atoms with Gasteiger partial charge >= 0.3 is 0 Å². The lowest BCUT2D eigenvalue weighted by atomic mass is 9.86. The zero-order valence-corrected chi connectivity index (χ0v) is 16.8. The van der Waals surface area contributed by atoms with Gasteiger partial charge in [-0.05, 0) is 34.7 Å². The van der Waals surface area contributed by atoms with Gasteiger partial charge in [-0.25, -0.2) is 12.8 Å². The first kappa shape index (κ1) is 20.9. The average Bonchev–Trinajstić information content (AvgIpc) is 2.57. The van der Waals surface area contributed by atoms with E-state index < -0.39 is 15.9 Å². The zero-order valence-electron chi connectivity index (χ0n) is 16.0. The summed E-state index contributed by atoms with van der Waals surface area (Å²) in [5.41, 5.74) is 1.77. The predicted octanol–water partition coefficient (Wildman–Crippen LogP) is 3.21. The van der Waals surface area contributed by atoms with Gasteiger partial charge in [0.2, 0.25) is 15.9 Å². The lowest BCUT2D eigenvalue weighted by molar-refractivity contribution is -0.119. The summed E-state index contributed by atoms with van der Waals surface area (Å²) in [6.07, 6.45) is 1.08. The van der Waals surface area contributed by atoms with Crippen LogP contribution in [-0.4, -0.2) is 27.1 Å². The summed E-state index contributed by atoms with van der Waals surface area (Å²) in [6.45, 7) is 5.83. The van der Waals surface area contributed by atoms with Crippen molar-refractivity contribution in [3.8, 4) is 0 Å². The Morgan fingerprint density at radius 2 is 1.67 bits per heavy atom. The molecule has 0 aromatic heterocycles. The van der Waals surface area contributed by atoms with E-state index >= 15 is 0 Å². The van der Waals surface area contributed by atoms with E-state index in [0.717, 1.165) is 21.7 Å². The first-order chi connectivity index (χ1) is 12.5. The highest BCUT2D eigenvalue weighted by Crippen LogP contribution is 2.32. The number of sulfonamides is 1. The Morgan fingerprint density at radius 3 is 2.22 bits per heavy atom. The normalized spacial score (nSPS) is 11.9. The Morgan fingerprint density at radius 1 is 1.07 bits per heavy atom. The summed E-state index contributed by atoms with van der Waals surface area (Å²) in [7, 11) is -3.66. The molecule has 5 nitrogen and oxygen atoms in total. The second kappa shape index (κ2) is 8.08. The number of nitrogens with zero attached hydrogens (tertiary/aromatic N) is 1. The van der Waals surface area contributed by atoms with E-state index in [1.54, 1.807) is 24.3 Å². The summed E-state index contributed by atoms with van der Waals surface area (Å²) in [5.74, 6) is -0.791. The molecule has 0 bridgehead atoms. The molecule has 0 aliphatic carbocycles. The maximum Gasteiger partial charge on any atom is 0.241 e. The van der Waals surface area contributed by atoms with Crippen LogP contribution in [0.1, 0.15) is 31.9 Å². The van der Waals surface area contributed by atoms with Gasteiger partial charge in [-0.1, -0.05) is 51.1 Å². The van der Waals surface area contributed by atoms with Gasteiger partial charge < -0.3 is 5.32 Å². The van der Waals surface area contributed by atoms with Crippen molar-refractivity contribution in [3.05, 3.63) is 65.5 Å². The smallest absolute Gasteiger partial charge is 0.241 e. The molecular weight excluding hydrogens is 367 g/mol. The summed E-state index contributed by atoms with van der Waals surface area (Å²) >= 11 is 0. The molecule has 1 N–H and O–H groups in total. The number of amides is 1. The SMILES string of the molecule is CC(C)(C)c1ccccc1N(CC(=O)NCc1ccc(F)cc1)S(C)(=O)=O. The van der Waals surface area contributed by atoms with Crippen molar-refractivity contribution in [2.45, 2.75) is 32.7 Å². The molecule has 0 atom stereocenters. The van der Waals surface area contributed by atoms with E-state index in [1.807, 2.05) is 32.9 Å². The van der Waals surface area contributed by atoms with Crippen LogP contribution in [0.25, 0.3) is 0 Å². The first-order valence-electron chi connectivity index (χ1n) is 8.57. The van der Waals surface area contributed by atoms with E-state index in [-0.39, 0.29) is 24.3 Å². The second-order valence-corrected chi connectivity index (χ2v) is 9.35. The van der Waals surface area contributed by atoms with Crippen LogP contribution >= 0.6 is 0 Å². The number of rotatable bonds is 6. The van der Waals surface area contributed by atoms with Crippen molar-refractivity contribution in [3.63, 3.8) is 0 Å². The highest BCUT2D eigenvalue weighted by Gasteiger charge is 2.27. The summed E-state index contributed by atoms with van der Waals surface area (Å²) in [4.78, 5) is 12.4. The molecule has 1 amide bonds. The minimum absolute atomic E-state index is 0.192. The molecule has 2 aromatic rings. The highest BCUT2D eigenvalue weighted by molar-refractivity contribution is 7.92. The quantitative estimate of drug-likeness (QED) is 0.821. The fourth-order valence-electron chi connectivity index (χ4n) is 2.70. The van der Waals surface area contributed by atoms with Crippen LogP contribution in [0.3, 0.4) is 0 Å². The summed E-state index contributed by atoms with van der Waals surface area (Å²) in [6, 6.07) is 12.9. The zero-order chi connectivity index (χ0) is 20.2. The van der Waals surface area contributed by atoms with Gasteiger partial charge in [0.05, 0.1) is 11.9 Å². The Bertz CT molecular complexity index is 904. The molecular formula is C20H25FN2O3S. The number of para-hydroxylation sites is 1. The largest absolute Gasteiger partial charge is 0.350 e. The van der Waals surface area contributed by atoms with Gasteiger partial charge in [0, 0.05) is 6.54 Å². The van der Waals surface area contributed by atoms with Crippen LogP contribution in [0.15, 0.2) is 48.5 Å². The van der Waals surface area contributed by atoms with Crippen molar-refractivity contribution in [2.75, 3.05) is 17.1 Å². The molecule has 0 aliphatic heterocycles. The van der Waals surface area contributed by atoms with Gasteiger partial charge in [-0.2, -0.15) is 0 Å². The molecule has 0 fully saturated rings. The number of hydrogen-bond acceptors (Lipinski definition) is 3. The molecule has 7 heteroatoms. The molecule has 0 saturated heterocycles. The Labute approximate surface area is 160 Å². The Kier molecular flexibility index (Phi) is 6.26. The van der Waals surface area contributed by atoms with Crippen molar-refractivity contribution in [1.82, 2.24) is 5.32 Å². The monoisotopic (exact) mass is 392 g/mol. The molecule has 0 saturated carbocycles. The molecule has 2 rings (SSSR count). The van der Waals surface area contributed by atoms with Crippen LogP contribution in [0.2, 0.25) is 0 Å². The Hall–Kier alpha value is -2.41. The molecule has 0 unspecified atom stereocenters. The molecule has 27 heavy (non-hydrogen) atoms. The highest BCUT2D eigenvalue weighted by atomic mass is 32.2. The number of hydrogen-bond donors (Lipinski definition) is 1. The van der Waals surface area contributed by atoms with Gasteiger partial charge in [0.1, 0.15) is 12.4 Å². The maximum atomic E-state index is 12.9. The number of benzene rings is 2. The van der Waals surface area contributed by atoms with E-state index in [1.165, 1.54) is 12.1 Å². The molecule has 146 valence electrons. The molecule has 0 aliphatic rings. The number of anilines is 1. The first-order valence-corrected chi connectivity index (χ1v) is 10.4. The third-order valence-corrected chi connectivity index (χ3v) is 5.20. The van der Waals surface area contributed by atoms with Crippen LogP contribution in [-0.2, 0) is 26.8 Å². The Balaban J connectivity index is 2.21. The molecule has 2 aromatic carbocycles. The van der Waals surface area contributed by atoms with Gasteiger partial charge in [-0.3, -0.25) is 9.10 Å². The third kappa shape index (κ3) is 5.79. The van der Waals surface area contributed by atoms with Crippen LogP contribution in [0.4, 0.5) is 10.1 Å². The van der Waals surface area contributed by atoms with Crippen molar-refractivity contribution in [1.29, 1.82) is 0 Å². The number of nitrogens with one attached hydrogen (secondary N) is 1. The average molecular weight is 392 g/mol. The van der Waals surface area contributed by atoms with Crippen LogP contribution in [0.5, 0.6) is 0 Å². The standard InChI is InChI=1S/C20H25FN2O3S/c1-20(2,3)17-7-5-6-8-18(17)23(27(4,25)26)14-19(24)22-13-15-9-11-16(21)12-10-15/h5-12H,13-14H2,1-4H3,(H,22,24). The lowest BCUT2D eigenvalue weighted by Crippen LogP contribution is -2.41. The summed E-state index contributed by atoms with van der Waals surface area (Å²) < 4.78 is 38.8. The third-order valence-electron chi connectivity index (χ3n) is 4.07. The van der Waals surface area contributed by atoms with E-state index in [2.05, 4.69) is 5.32 Å². The fourth-order valence-corrected chi connectivity index (χ4v) is 3.56. The van der Waals surface area contributed by atoms with E-state index in [4.69, 9.17) is 0 Å². The topological polar surface area (TPSA) is 66.5 Å². The van der Waals surface area contributed by atoms with Crippen molar-refractivity contribution >= 4 is 21.6 Å². The number of carbonyl (C=O) groups excluding carboxylic acids is 1.